The Hall–Kier alpha value is -4.03. The highest BCUT2D eigenvalue weighted by Crippen LogP contribution is 2.37. The van der Waals surface area contributed by atoms with Gasteiger partial charge in [-0.25, -0.2) is 4.98 Å². The van der Waals surface area contributed by atoms with Crippen LogP contribution < -0.4 is 24.8 Å². The zero-order chi connectivity index (χ0) is 25.8. The number of methoxy groups -OCH3 is 1. The number of halogens is 4. The molecule has 9 nitrogen and oxygen atoms in total. The van der Waals surface area contributed by atoms with E-state index in [1.807, 2.05) is 5.32 Å². The van der Waals surface area contributed by atoms with Gasteiger partial charge in [0.1, 0.15) is 35.1 Å². The van der Waals surface area contributed by atoms with Crippen LogP contribution in [0.5, 0.6) is 17.2 Å². The Labute approximate surface area is 203 Å². The molecular weight excluding hydrogens is 488 g/mol. The molecule has 13 heteroatoms. The second-order valence-electron chi connectivity index (χ2n) is 7.85. The number of nitrogens with one attached hydrogen (secondary N) is 2. The number of rotatable bonds is 11. The second-order valence-corrected chi connectivity index (χ2v) is 7.85. The molecule has 0 bridgehead atoms. The van der Waals surface area contributed by atoms with Gasteiger partial charge in [0.2, 0.25) is 0 Å². The number of pyridine rings is 1. The third-order valence-electron chi connectivity index (χ3n) is 5.29. The number of hydrogen-bond donors (Lipinski definition) is 2. The number of nitrogens with zero attached hydrogens (tertiary/aromatic N) is 2. The summed E-state index contributed by atoms with van der Waals surface area (Å²) in [6.45, 7) is -3.32. The van der Waals surface area contributed by atoms with Crippen molar-refractivity contribution < 1.29 is 42.8 Å². The summed E-state index contributed by atoms with van der Waals surface area (Å²) in [4.78, 5) is 27.9. The maximum absolute atomic E-state index is 13.2. The fraction of sp³-hybridized carbons (Fsp3) is 0.348. The molecule has 2 amide bonds. The maximum atomic E-state index is 13.2. The zero-order valence-corrected chi connectivity index (χ0v) is 19.0. The first-order valence-electron chi connectivity index (χ1n) is 10.9. The fourth-order valence-corrected chi connectivity index (χ4v) is 3.48. The lowest BCUT2D eigenvalue weighted by Crippen LogP contribution is -2.32. The number of benzene rings is 1. The van der Waals surface area contributed by atoms with E-state index in [1.54, 1.807) is 22.7 Å². The predicted octanol–water partition coefficient (Wildman–Crippen LogP) is 3.51. The summed E-state index contributed by atoms with van der Waals surface area (Å²) < 4.78 is 67.9. The van der Waals surface area contributed by atoms with Gasteiger partial charge >= 0.3 is 13.0 Å². The summed E-state index contributed by atoms with van der Waals surface area (Å²) in [6, 6.07) is 6.00. The summed E-state index contributed by atoms with van der Waals surface area (Å²) in [5, 5.41) is 4.78. The minimum Gasteiger partial charge on any atom is -0.496 e. The molecule has 0 saturated heterocycles. The SMILES string of the molecule is COc1cc(-c2cnc3cc(OCCNC(=O)C(F)F)ccn23)cc(OC(F)F)c1C(=O)NC1CC1.[HH]. The molecule has 1 saturated carbocycles. The monoisotopic (exact) mass is 512 g/mol. The van der Waals surface area contributed by atoms with Crippen LogP contribution in [-0.2, 0) is 4.79 Å². The van der Waals surface area contributed by atoms with E-state index < -0.39 is 24.9 Å². The van der Waals surface area contributed by atoms with Crippen molar-refractivity contribution in [2.45, 2.75) is 31.9 Å². The van der Waals surface area contributed by atoms with E-state index in [0.29, 0.717) is 22.7 Å². The molecule has 2 N–H and O–H groups in total. The van der Waals surface area contributed by atoms with Crippen molar-refractivity contribution in [3.63, 3.8) is 0 Å². The number of carbonyl (C=O) groups is 2. The van der Waals surface area contributed by atoms with E-state index in [9.17, 15) is 27.2 Å². The Morgan fingerprint density at radius 3 is 2.61 bits per heavy atom. The fourth-order valence-electron chi connectivity index (χ4n) is 3.48. The third kappa shape index (κ3) is 5.78. The van der Waals surface area contributed by atoms with Gasteiger partial charge in [-0.3, -0.25) is 14.0 Å². The molecule has 0 aliphatic heterocycles. The topological polar surface area (TPSA) is 103 Å². The number of hydrogen-bond acceptors (Lipinski definition) is 6. The van der Waals surface area contributed by atoms with Crippen LogP contribution in [0, 0.1) is 0 Å². The standard InChI is InChI=1S/C23H22F4N4O5.H2/c1-34-16-8-12(9-17(36-23(26)27)19(16)21(32)30-13-2-3-13)15-11-29-18-10-14(4-6-31(15)18)35-7-5-28-22(33)20(24)25;/h4,6,8-11,13,20,23H,2-3,5,7H2,1H3,(H,28,33)(H,30,32);1H. The van der Waals surface area contributed by atoms with Crippen molar-refractivity contribution in [2.75, 3.05) is 20.3 Å². The van der Waals surface area contributed by atoms with E-state index in [1.165, 1.54) is 25.4 Å². The van der Waals surface area contributed by atoms with Gasteiger partial charge < -0.3 is 24.8 Å². The normalized spacial score (nSPS) is 13.2. The van der Waals surface area contributed by atoms with Crippen LogP contribution in [0.3, 0.4) is 0 Å². The first-order chi connectivity index (χ1) is 17.3. The van der Waals surface area contributed by atoms with Crippen LogP contribution in [0.1, 0.15) is 24.6 Å². The van der Waals surface area contributed by atoms with Gasteiger partial charge in [0.05, 0.1) is 25.5 Å². The van der Waals surface area contributed by atoms with Crippen molar-refractivity contribution in [2.24, 2.45) is 0 Å². The number of fused-ring (bicyclic) bond motifs is 1. The lowest BCUT2D eigenvalue weighted by Gasteiger charge is -2.16. The molecule has 2 aromatic heterocycles. The smallest absolute Gasteiger partial charge is 0.387 e. The molecule has 1 aliphatic rings. The van der Waals surface area contributed by atoms with Gasteiger partial charge in [-0.05, 0) is 31.0 Å². The Morgan fingerprint density at radius 1 is 1.19 bits per heavy atom. The molecule has 1 fully saturated rings. The molecule has 0 radical (unpaired) electrons. The summed E-state index contributed by atoms with van der Waals surface area (Å²) in [6.07, 6.45) is 1.63. The van der Waals surface area contributed by atoms with E-state index >= 15 is 0 Å². The Balaban J connectivity index is 0.00000380. The van der Waals surface area contributed by atoms with Gasteiger partial charge in [-0.2, -0.15) is 17.6 Å². The lowest BCUT2D eigenvalue weighted by molar-refractivity contribution is -0.131. The molecule has 36 heavy (non-hydrogen) atoms. The summed E-state index contributed by atoms with van der Waals surface area (Å²) in [7, 11) is 1.32. The largest absolute Gasteiger partial charge is 0.496 e. The Morgan fingerprint density at radius 2 is 1.94 bits per heavy atom. The molecule has 4 rings (SSSR count). The Bertz CT molecular complexity index is 1270. The van der Waals surface area contributed by atoms with Crippen molar-refractivity contribution in [1.29, 1.82) is 0 Å². The molecule has 194 valence electrons. The predicted molar refractivity (Wildman–Crippen MR) is 121 cm³/mol. The first kappa shape index (κ1) is 25.1. The lowest BCUT2D eigenvalue weighted by atomic mass is 10.1. The van der Waals surface area contributed by atoms with Gasteiger partial charge in [-0.15, -0.1) is 0 Å². The van der Waals surface area contributed by atoms with Crippen molar-refractivity contribution in [3.05, 3.63) is 42.2 Å². The van der Waals surface area contributed by atoms with E-state index in [-0.39, 0.29) is 37.7 Å². The molecule has 1 aromatic carbocycles. The molecule has 3 aromatic rings. The van der Waals surface area contributed by atoms with Crippen molar-refractivity contribution in [3.8, 4) is 28.5 Å². The molecule has 2 heterocycles. The number of imidazole rings is 1. The number of amides is 2. The highest BCUT2D eigenvalue weighted by Gasteiger charge is 2.29. The molecular formula is C23H24F4N4O5. The third-order valence-corrected chi connectivity index (χ3v) is 5.29. The van der Waals surface area contributed by atoms with E-state index in [4.69, 9.17) is 9.47 Å². The number of carbonyl (C=O) groups excluding carboxylic acids is 2. The van der Waals surface area contributed by atoms with Crippen molar-refractivity contribution in [1.82, 2.24) is 20.0 Å². The highest BCUT2D eigenvalue weighted by molar-refractivity contribution is 6.01. The zero-order valence-electron chi connectivity index (χ0n) is 19.0. The molecule has 0 atom stereocenters. The average Bonchev–Trinajstić information content (AvgIpc) is 3.55. The van der Waals surface area contributed by atoms with Crippen LogP contribution in [0.15, 0.2) is 36.7 Å². The minimum atomic E-state index is -3.16. The van der Waals surface area contributed by atoms with Crippen LogP contribution in [-0.4, -0.2) is 60.5 Å². The molecule has 0 spiro atoms. The van der Waals surface area contributed by atoms with Gasteiger partial charge in [0, 0.05) is 25.3 Å². The van der Waals surface area contributed by atoms with Gasteiger partial charge in [-0.1, -0.05) is 0 Å². The Kier molecular flexibility index (Phi) is 7.46. The highest BCUT2D eigenvalue weighted by atomic mass is 19.3. The quantitative estimate of drug-likeness (QED) is 0.301. The van der Waals surface area contributed by atoms with Crippen LogP contribution in [0.25, 0.3) is 16.9 Å². The summed E-state index contributed by atoms with van der Waals surface area (Å²) in [5.74, 6) is -1.85. The van der Waals surface area contributed by atoms with Crippen LogP contribution >= 0.6 is 0 Å². The number of ether oxygens (including phenoxy) is 3. The molecule has 0 unspecified atom stereocenters. The summed E-state index contributed by atoms with van der Waals surface area (Å²) >= 11 is 0. The maximum Gasteiger partial charge on any atom is 0.387 e. The van der Waals surface area contributed by atoms with Crippen LogP contribution in [0.4, 0.5) is 17.6 Å². The second kappa shape index (κ2) is 10.7. The van der Waals surface area contributed by atoms with E-state index in [2.05, 4.69) is 15.0 Å². The average molecular weight is 512 g/mol. The number of aromatic nitrogens is 2. The summed E-state index contributed by atoms with van der Waals surface area (Å²) in [5.41, 5.74) is 1.20. The first-order valence-corrected chi connectivity index (χ1v) is 10.9. The van der Waals surface area contributed by atoms with Gasteiger partial charge in [0.15, 0.2) is 0 Å². The van der Waals surface area contributed by atoms with Crippen LogP contribution in [0.2, 0.25) is 0 Å². The molecule has 1 aliphatic carbocycles. The van der Waals surface area contributed by atoms with Gasteiger partial charge in [0.25, 0.3) is 11.8 Å². The van der Waals surface area contributed by atoms with E-state index in [0.717, 1.165) is 12.8 Å². The van der Waals surface area contributed by atoms with Crippen molar-refractivity contribution >= 4 is 17.5 Å². The minimum absolute atomic E-state index is 0. The number of alkyl halides is 4.